The van der Waals surface area contributed by atoms with Gasteiger partial charge in [-0.2, -0.15) is 26.3 Å². The van der Waals surface area contributed by atoms with Crippen LogP contribution in [0.1, 0.15) is 23.6 Å². The standard InChI is InChI=1S/C24H22ClF6N5O5/c25-14-7-5-13(6-8-14)20-34-36(22(40)35(20)11-18(37)24(29,30)31)12-19(38)33-17(9-10-41-21(32)39)15-3-1-2-4-16(15)23(26,27)28/h1-8,17-18,37H,9-12H2,(H2,32,39)(H,33,38)/t17-,18-/m0/s1. The average Bonchev–Trinajstić information content (AvgIpc) is 3.17. The highest BCUT2D eigenvalue weighted by Gasteiger charge is 2.39. The van der Waals surface area contributed by atoms with Crippen LogP contribution in [0.4, 0.5) is 31.1 Å². The SMILES string of the molecule is NC(=O)OCC[C@H](NC(=O)Cn1nc(-c2ccc(Cl)cc2)n(C[C@H](O)C(F)(F)F)c1=O)c1ccccc1C(F)(F)F. The number of aliphatic hydroxyl groups excluding tert-OH is 1. The van der Waals surface area contributed by atoms with Gasteiger partial charge in [-0.05, 0) is 35.9 Å². The van der Waals surface area contributed by atoms with Gasteiger partial charge in [0.1, 0.15) is 6.54 Å². The number of amides is 2. The van der Waals surface area contributed by atoms with Gasteiger partial charge in [0.15, 0.2) is 11.9 Å². The zero-order chi connectivity index (χ0) is 30.5. The number of alkyl halides is 6. The van der Waals surface area contributed by atoms with E-state index < -0.39 is 67.4 Å². The Morgan fingerprint density at radius 3 is 2.29 bits per heavy atom. The summed E-state index contributed by atoms with van der Waals surface area (Å²) in [4.78, 5) is 36.8. The van der Waals surface area contributed by atoms with E-state index in [0.717, 1.165) is 18.2 Å². The maximum atomic E-state index is 13.6. The Morgan fingerprint density at radius 2 is 1.71 bits per heavy atom. The number of nitrogens with one attached hydrogen (secondary N) is 1. The number of aromatic nitrogens is 3. The highest BCUT2D eigenvalue weighted by molar-refractivity contribution is 6.30. The van der Waals surface area contributed by atoms with E-state index in [2.05, 4.69) is 15.2 Å². The van der Waals surface area contributed by atoms with Crippen molar-refractivity contribution in [1.29, 1.82) is 0 Å². The third kappa shape index (κ3) is 8.23. The average molecular weight is 610 g/mol. The first-order valence-corrected chi connectivity index (χ1v) is 12.0. The van der Waals surface area contributed by atoms with Crippen LogP contribution < -0.4 is 16.7 Å². The summed E-state index contributed by atoms with van der Waals surface area (Å²) in [6, 6.07) is 8.32. The Labute approximate surface area is 232 Å². The highest BCUT2D eigenvalue weighted by atomic mass is 35.5. The zero-order valence-electron chi connectivity index (χ0n) is 20.7. The third-order valence-electron chi connectivity index (χ3n) is 5.68. The van der Waals surface area contributed by atoms with Gasteiger partial charge in [0.25, 0.3) is 0 Å². The maximum absolute atomic E-state index is 13.6. The number of hydrogen-bond acceptors (Lipinski definition) is 6. The second-order valence-electron chi connectivity index (χ2n) is 8.60. The van der Waals surface area contributed by atoms with Crippen molar-refractivity contribution in [1.82, 2.24) is 19.7 Å². The Balaban J connectivity index is 1.95. The molecule has 0 radical (unpaired) electrons. The molecule has 0 unspecified atom stereocenters. The summed E-state index contributed by atoms with van der Waals surface area (Å²) in [5.41, 5.74) is 2.35. The lowest BCUT2D eigenvalue weighted by atomic mass is 9.97. The smallest absolute Gasteiger partial charge is 0.416 e. The molecule has 41 heavy (non-hydrogen) atoms. The number of carbonyl (C=O) groups excluding carboxylic acids is 2. The van der Waals surface area contributed by atoms with Crippen LogP contribution in [0.5, 0.6) is 0 Å². The van der Waals surface area contributed by atoms with Crippen LogP contribution in [0.15, 0.2) is 53.3 Å². The number of nitrogens with two attached hydrogens (primary N) is 1. The molecule has 2 amide bonds. The van der Waals surface area contributed by atoms with Gasteiger partial charge in [0.05, 0.1) is 24.8 Å². The number of halogens is 7. The minimum absolute atomic E-state index is 0.126. The molecule has 3 aromatic rings. The van der Waals surface area contributed by atoms with Crippen LogP contribution in [0.3, 0.4) is 0 Å². The Bertz CT molecular complexity index is 1440. The molecule has 3 rings (SSSR count). The first-order valence-electron chi connectivity index (χ1n) is 11.6. The number of rotatable bonds is 10. The molecule has 4 N–H and O–H groups in total. The molecule has 0 spiro atoms. The van der Waals surface area contributed by atoms with Crippen LogP contribution >= 0.6 is 11.6 Å². The van der Waals surface area contributed by atoms with Crippen molar-refractivity contribution >= 4 is 23.6 Å². The van der Waals surface area contributed by atoms with E-state index in [0.29, 0.717) is 9.25 Å². The number of primary amides is 1. The van der Waals surface area contributed by atoms with Crippen molar-refractivity contribution in [2.24, 2.45) is 5.73 Å². The van der Waals surface area contributed by atoms with Gasteiger partial charge in [-0.3, -0.25) is 9.36 Å². The predicted octanol–water partition coefficient (Wildman–Crippen LogP) is 3.65. The summed E-state index contributed by atoms with van der Waals surface area (Å²) in [5, 5.41) is 16.1. The molecule has 1 heterocycles. The van der Waals surface area contributed by atoms with E-state index in [9.17, 15) is 45.8 Å². The van der Waals surface area contributed by atoms with E-state index in [1.54, 1.807) is 0 Å². The molecule has 0 bridgehead atoms. The lowest BCUT2D eigenvalue weighted by molar-refractivity contribution is -0.207. The summed E-state index contributed by atoms with van der Waals surface area (Å²) in [5.74, 6) is -1.38. The molecule has 1 aromatic heterocycles. The Kier molecular flexibility index (Phi) is 9.70. The monoisotopic (exact) mass is 609 g/mol. The molecule has 0 aliphatic heterocycles. The minimum Gasteiger partial charge on any atom is -0.450 e. The number of nitrogens with zero attached hydrogens (tertiary/aromatic N) is 3. The van der Waals surface area contributed by atoms with Crippen molar-refractivity contribution in [3.8, 4) is 11.4 Å². The summed E-state index contributed by atoms with van der Waals surface area (Å²) < 4.78 is 85.6. The molecular formula is C24H22ClF6N5O5. The molecule has 10 nitrogen and oxygen atoms in total. The fourth-order valence-electron chi connectivity index (χ4n) is 3.82. The topological polar surface area (TPSA) is 141 Å². The van der Waals surface area contributed by atoms with E-state index in [1.165, 1.54) is 30.3 Å². The second-order valence-corrected chi connectivity index (χ2v) is 9.04. The van der Waals surface area contributed by atoms with Gasteiger partial charge >= 0.3 is 24.1 Å². The molecular weight excluding hydrogens is 588 g/mol. The minimum atomic E-state index is -5.08. The molecule has 0 saturated heterocycles. The third-order valence-corrected chi connectivity index (χ3v) is 5.93. The lowest BCUT2D eigenvalue weighted by Crippen LogP contribution is -2.39. The van der Waals surface area contributed by atoms with Gasteiger partial charge in [-0.1, -0.05) is 29.8 Å². The molecule has 0 saturated carbocycles. The first-order chi connectivity index (χ1) is 19.1. The summed E-state index contributed by atoms with van der Waals surface area (Å²) in [6.45, 7) is -2.65. The van der Waals surface area contributed by atoms with E-state index in [4.69, 9.17) is 17.3 Å². The van der Waals surface area contributed by atoms with Crippen molar-refractivity contribution in [2.45, 2.75) is 44.0 Å². The van der Waals surface area contributed by atoms with Crippen LogP contribution in [0, 0.1) is 0 Å². The first kappa shape index (κ1) is 31.5. The summed E-state index contributed by atoms with van der Waals surface area (Å²) in [7, 11) is 0. The summed E-state index contributed by atoms with van der Waals surface area (Å²) in [6.07, 6.45) is -14.4. The largest absolute Gasteiger partial charge is 0.450 e. The normalized spacial score (nSPS) is 13.5. The Hall–Kier alpha value is -4.05. The van der Waals surface area contributed by atoms with Crippen molar-refractivity contribution in [3.05, 3.63) is 75.2 Å². The van der Waals surface area contributed by atoms with Crippen LogP contribution in [-0.2, 0) is 28.8 Å². The molecule has 17 heteroatoms. The maximum Gasteiger partial charge on any atom is 0.416 e. The molecule has 0 aliphatic rings. The number of benzene rings is 2. The molecule has 222 valence electrons. The van der Waals surface area contributed by atoms with Gasteiger partial charge < -0.3 is 20.9 Å². The van der Waals surface area contributed by atoms with Crippen LogP contribution in [0.2, 0.25) is 5.02 Å². The number of hydrogen-bond donors (Lipinski definition) is 3. The lowest BCUT2D eigenvalue weighted by Gasteiger charge is -2.23. The second kappa shape index (κ2) is 12.6. The fourth-order valence-corrected chi connectivity index (χ4v) is 3.94. The van der Waals surface area contributed by atoms with Gasteiger partial charge in [0.2, 0.25) is 5.91 Å². The van der Waals surface area contributed by atoms with Gasteiger partial charge in [0, 0.05) is 17.0 Å². The predicted molar refractivity (Wildman–Crippen MR) is 131 cm³/mol. The molecule has 2 aromatic carbocycles. The number of carbonyl (C=O) groups is 2. The van der Waals surface area contributed by atoms with Crippen molar-refractivity contribution < 1.29 is 45.8 Å². The van der Waals surface area contributed by atoms with Crippen molar-refractivity contribution in [3.63, 3.8) is 0 Å². The van der Waals surface area contributed by atoms with Gasteiger partial charge in [-0.25, -0.2) is 14.3 Å². The molecule has 0 fully saturated rings. The van der Waals surface area contributed by atoms with E-state index >= 15 is 0 Å². The number of aliphatic hydroxyl groups is 1. The quantitative estimate of drug-likeness (QED) is 0.300. The Morgan fingerprint density at radius 1 is 1.07 bits per heavy atom. The van der Waals surface area contributed by atoms with Gasteiger partial charge in [-0.15, -0.1) is 5.10 Å². The van der Waals surface area contributed by atoms with Crippen LogP contribution in [-0.4, -0.2) is 50.3 Å². The molecule has 2 atom stereocenters. The van der Waals surface area contributed by atoms with Crippen molar-refractivity contribution in [2.75, 3.05) is 6.61 Å². The van der Waals surface area contributed by atoms with E-state index in [1.807, 2.05) is 0 Å². The van der Waals surface area contributed by atoms with Crippen LogP contribution in [0.25, 0.3) is 11.4 Å². The fraction of sp³-hybridized carbons (Fsp3) is 0.333. The van der Waals surface area contributed by atoms with E-state index in [-0.39, 0.29) is 28.4 Å². The zero-order valence-corrected chi connectivity index (χ0v) is 21.5. The highest BCUT2D eigenvalue weighted by Crippen LogP contribution is 2.35. The summed E-state index contributed by atoms with van der Waals surface area (Å²) >= 11 is 5.84. The number of ether oxygens (including phenoxy) is 1. The molecule has 0 aliphatic carbocycles.